The van der Waals surface area contributed by atoms with Crippen molar-refractivity contribution in [2.24, 2.45) is 5.41 Å². The molecule has 0 unspecified atom stereocenters. The largest absolute Gasteiger partial charge is 0.348 e. The molecule has 0 aromatic carbocycles. The maximum Gasteiger partial charge on any atom is 0.235 e. The third kappa shape index (κ3) is 1.73. The second-order valence-corrected chi connectivity index (χ2v) is 4.58. The maximum absolute atomic E-state index is 12.4. The van der Waals surface area contributed by atoms with E-state index in [0.29, 0.717) is 0 Å². The average molecular weight is 221 g/mol. The number of aromatic amines is 1. The molecule has 0 saturated heterocycles. The van der Waals surface area contributed by atoms with Gasteiger partial charge in [0.1, 0.15) is 5.82 Å². The SMILES string of the molecule is CNCC1(C(=O)N(C)c2ccc[nH]2)CCC1. The summed E-state index contributed by atoms with van der Waals surface area (Å²) in [6.45, 7) is 0.775. The summed E-state index contributed by atoms with van der Waals surface area (Å²) < 4.78 is 0. The molecule has 0 spiro atoms. The Morgan fingerprint density at radius 3 is 2.81 bits per heavy atom. The van der Waals surface area contributed by atoms with Crippen LogP contribution in [0.5, 0.6) is 0 Å². The van der Waals surface area contributed by atoms with E-state index in [1.165, 1.54) is 0 Å². The minimum Gasteiger partial charge on any atom is -0.348 e. The normalized spacial score (nSPS) is 17.9. The molecule has 1 aromatic heterocycles. The van der Waals surface area contributed by atoms with Crippen molar-refractivity contribution in [2.75, 3.05) is 25.5 Å². The zero-order chi connectivity index (χ0) is 11.6. The van der Waals surface area contributed by atoms with Gasteiger partial charge in [-0.25, -0.2) is 0 Å². The van der Waals surface area contributed by atoms with Gasteiger partial charge in [-0.3, -0.25) is 4.79 Å². The molecule has 1 aromatic rings. The van der Waals surface area contributed by atoms with Crippen molar-refractivity contribution < 1.29 is 4.79 Å². The van der Waals surface area contributed by atoms with Gasteiger partial charge >= 0.3 is 0 Å². The van der Waals surface area contributed by atoms with Gasteiger partial charge in [0.15, 0.2) is 0 Å². The van der Waals surface area contributed by atoms with Gasteiger partial charge in [0.2, 0.25) is 5.91 Å². The summed E-state index contributed by atoms with van der Waals surface area (Å²) in [5.74, 6) is 1.09. The molecule has 0 bridgehead atoms. The number of nitrogens with zero attached hydrogens (tertiary/aromatic N) is 1. The van der Waals surface area contributed by atoms with Gasteiger partial charge in [-0.1, -0.05) is 6.42 Å². The molecule has 0 aliphatic heterocycles. The summed E-state index contributed by atoms with van der Waals surface area (Å²) in [4.78, 5) is 17.2. The van der Waals surface area contributed by atoms with E-state index in [1.54, 1.807) is 4.90 Å². The quantitative estimate of drug-likeness (QED) is 0.806. The first kappa shape index (κ1) is 11.2. The van der Waals surface area contributed by atoms with Gasteiger partial charge < -0.3 is 15.2 Å². The molecule has 16 heavy (non-hydrogen) atoms. The Balaban J connectivity index is 2.11. The highest BCUT2D eigenvalue weighted by Crippen LogP contribution is 2.42. The third-order valence-corrected chi connectivity index (χ3v) is 3.53. The predicted octanol–water partition coefficient (Wildman–Crippen LogP) is 1.37. The Kier molecular flexibility index (Phi) is 3.01. The number of nitrogens with one attached hydrogen (secondary N) is 2. The van der Waals surface area contributed by atoms with Gasteiger partial charge in [0.25, 0.3) is 0 Å². The number of hydrogen-bond acceptors (Lipinski definition) is 2. The topological polar surface area (TPSA) is 48.1 Å². The first-order valence-electron chi connectivity index (χ1n) is 5.76. The van der Waals surface area contributed by atoms with Crippen molar-refractivity contribution in [2.45, 2.75) is 19.3 Å². The van der Waals surface area contributed by atoms with Crippen LogP contribution in [0.3, 0.4) is 0 Å². The molecule has 1 aliphatic carbocycles. The van der Waals surface area contributed by atoms with Crippen molar-refractivity contribution >= 4 is 11.7 Å². The minimum atomic E-state index is -0.172. The van der Waals surface area contributed by atoms with E-state index in [2.05, 4.69) is 10.3 Å². The fraction of sp³-hybridized carbons (Fsp3) is 0.583. The summed E-state index contributed by atoms with van der Waals surface area (Å²) >= 11 is 0. The van der Waals surface area contributed by atoms with Crippen LogP contribution in [0.4, 0.5) is 5.82 Å². The lowest BCUT2D eigenvalue weighted by Gasteiger charge is -2.42. The fourth-order valence-corrected chi connectivity index (χ4v) is 2.40. The summed E-state index contributed by atoms with van der Waals surface area (Å²) in [7, 11) is 3.74. The molecule has 1 heterocycles. The van der Waals surface area contributed by atoms with Crippen LogP contribution in [0.15, 0.2) is 18.3 Å². The zero-order valence-electron chi connectivity index (χ0n) is 9.92. The van der Waals surface area contributed by atoms with Gasteiger partial charge in [-0.2, -0.15) is 0 Å². The number of H-pyrrole nitrogens is 1. The molecule has 4 heteroatoms. The molecule has 4 nitrogen and oxygen atoms in total. The molecule has 1 fully saturated rings. The lowest BCUT2D eigenvalue weighted by Crippen LogP contribution is -2.51. The number of carbonyl (C=O) groups is 1. The second-order valence-electron chi connectivity index (χ2n) is 4.58. The molecule has 0 radical (unpaired) electrons. The Bertz CT molecular complexity index is 354. The van der Waals surface area contributed by atoms with Gasteiger partial charge in [0, 0.05) is 19.8 Å². The van der Waals surface area contributed by atoms with Crippen molar-refractivity contribution in [1.29, 1.82) is 0 Å². The van der Waals surface area contributed by atoms with Crippen molar-refractivity contribution in [1.82, 2.24) is 10.3 Å². The molecule has 1 aliphatic rings. The summed E-state index contributed by atoms with van der Waals surface area (Å²) in [6, 6.07) is 3.83. The zero-order valence-corrected chi connectivity index (χ0v) is 9.92. The molecular weight excluding hydrogens is 202 g/mol. The summed E-state index contributed by atoms with van der Waals surface area (Å²) in [6.07, 6.45) is 4.99. The van der Waals surface area contributed by atoms with Crippen LogP contribution >= 0.6 is 0 Å². The van der Waals surface area contributed by atoms with Crippen LogP contribution in [0.2, 0.25) is 0 Å². The number of carbonyl (C=O) groups excluding carboxylic acids is 1. The van der Waals surface area contributed by atoms with Crippen LogP contribution in [-0.4, -0.2) is 31.5 Å². The van der Waals surface area contributed by atoms with E-state index in [9.17, 15) is 4.79 Å². The van der Waals surface area contributed by atoms with Crippen molar-refractivity contribution in [3.63, 3.8) is 0 Å². The molecule has 88 valence electrons. The molecular formula is C12H19N3O. The average Bonchev–Trinajstić information content (AvgIpc) is 2.74. The number of aromatic nitrogens is 1. The monoisotopic (exact) mass is 221 g/mol. The van der Waals surface area contributed by atoms with E-state index >= 15 is 0 Å². The smallest absolute Gasteiger partial charge is 0.235 e. The highest BCUT2D eigenvalue weighted by Gasteiger charge is 2.45. The van der Waals surface area contributed by atoms with Crippen molar-refractivity contribution in [3.05, 3.63) is 18.3 Å². The van der Waals surface area contributed by atoms with Gasteiger partial charge in [-0.05, 0) is 32.0 Å². The molecule has 2 rings (SSSR count). The summed E-state index contributed by atoms with van der Waals surface area (Å²) in [5, 5.41) is 3.13. The number of amides is 1. The molecule has 1 saturated carbocycles. The number of hydrogen-bond donors (Lipinski definition) is 2. The van der Waals surface area contributed by atoms with Crippen molar-refractivity contribution in [3.8, 4) is 0 Å². The number of anilines is 1. The molecule has 2 N–H and O–H groups in total. The lowest BCUT2D eigenvalue weighted by molar-refractivity contribution is -0.132. The van der Waals surface area contributed by atoms with E-state index in [4.69, 9.17) is 0 Å². The Morgan fingerprint density at radius 2 is 2.38 bits per heavy atom. The van der Waals surface area contributed by atoms with Crippen LogP contribution in [0, 0.1) is 5.41 Å². The Labute approximate surface area is 96.0 Å². The highest BCUT2D eigenvalue weighted by atomic mass is 16.2. The minimum absolute atomic E-state index is 0.172. The standard InChI is InChI=1S/C12H19N3O/c1-13-9-12(6-4-7-12)11(16)15(2)10-5-3-8-14-10/h3,5,8,13-14H,4,6-7,9H2,1-2H3. The molecule has 0 atom stereocenters. The lowest BCUT2D eigenvalue weighted by atomic mass is 9.67. The van der Waals surface area contributed by atoms with E-state index < -0.39 is 0 Å². The second kappa shape index (κ2) is 4.29. The van der Waals surface area contributed by atoms with Crippen LogP contribution in [0.25, 0.3) is 0 Å². The van der Waals surface area contributed by atoms with Gasteiger partial charge in [0.05, 0.1) is 5.41 Å². The van der Waals surface area contributed by atoms with Crippen LogP contribution in [0.1, 0.15) is 19.3 Å². The first-order chi connectivity index (χ1) is 7.69. The van der Waals surface area contributed by atoms with E-state index in [-0.39, 0.29) is 11.3 Å². The number of rotatable bonds is 4. The summed E-state index contributed by atoms with van der Waals surface area (Å²) in [5.41, 5.74) is -0.172. The van der Waals surface area contributed by atoms with Crippen LogP contribution < -0.4 is 10.2 Å². The molecule has 1 amide bonds. The fourth-order valence-electron chi connectivity index (χ4n) is 2.40. The third-order valence-electron chi connectivity index (χ3n) is 3.53. The van der Waals surface area contributed by atoms with Gasteiger partial charge in [-0.15, -0.1) is 0 Å². The van der Waals surface area contributed by atoms with E-state index in [1.807, 2.05) is 32.4 Å². The maximum atomic E-state index is 12.4. The highest BCUT2D eigenvalue weighted by molar-refractivity contribution is 5.97. The van der Waals surface area contributed by atoms with E-state index in [0.717, 1.165) is 31.6 Å². The first-order valence-corrected chi connectivity index (χ1v) is 5.76. The Morgan fingerprint density at radius 1 is 1.62 bits per heavy atom. The Hall–Kier alpha value is -1.29. The van der Waals surface area contributed by atoms with Crippen LogP contribution in [-0.2, 0) is 4.79 Å². The predicted molar refractivity (Wildman–Crippen MR) is 64.4 cm³/mol.